The number of rotatable bonds is 8. The van der Waals surface area contributed by atoms with Crippen LogP contribution in [0.1, 0.15) is 49.3 Å². The van der Waals surface area contributed by atoms with E-state index in [1.165, 1.54) is 23.1 Å². The van der Waals surface area contributed by atoms with Crippen molar-refractivity contribution in [1.82, 2.24) is 0 Å². The Labute approximate surface area is 214 Å². The minimum atomic E-state index is -1.31. The number of hydrogen-bond donors (Lipinski definition) is 0. The van der Waals surface area contributed by atoms with Crippen LogP contribution in [0.5, 0.6) is 5.75 Å². The fourth-order valence-electron chi connectivity index (χ4n) is 5.82. The van der Waals surface area contributed by atoms with Crippen LogP contribution in [0, 0.1) is 25.7 Å². The van der Waals surface area contributed by atoms with Crippen molar-refractivity contribution in [1.29, 1.82) is 0 Å². The quantitative estimate of drug-likeness (QED) is 0.355. The molecule has 0 aromatic heterocycles. The van der Waals surface area contributed by atoms with Crippen molar-refractivity contribution in [3.63, 3.8) is 0 Å². The largest absolute Gasteiger partial charge is 0.490 e. The molecule has 3 nitrogen and oxygen atoms in total. The second kappa shape index (κ2) is 10.3. The molecule has 2 saturated carbocycles. The van der Waals surface area contributed by atoms with Gasteiger partial charge in [-0.25, -0.2) is 4.39 Å². The molecule has 2 unspecified atom stereocenters. The van der Waals surface area contributed by atoms with Gasteiger partial charge >= 0.3 is 0 Å². The van der Waals surface area contributed by atoms with Gasteiger partial charge in [-0.1, -0.05) is 30.9 Å². The molecule has 2 atom stereocenters. The normalized spacial score (nSPS) is 24.6. The Morgan fingerprint density at radius 2 is 1.92 bits per heavy atom. The molecule has 4 heteroatoms. The van der Waals surface area contributed by atoms with Crippen LogP contribution in [0.2, 0.25) is 0 Å². The topological polar surface area (TPSA) is 27.7 Å². The van der Waals surface area contributed by atoms with Gasteiger partial charge in [-0.05, 0) is 109 Å². The lowest BCUT2D eigenvalue weighted by Crippen LogP contribution is -2.37. The first-order valence-electron chi connectivity index (χ1n) is 13.1. The average Bonchev–Trinajstić information content (AvgIpc) is 3.53. The van der Waals surface area contributed by atoms with E-state index in [1.807, 2.05) is 12.1 Å². The molecule has 190 valence electrons. The van der Waals surface area contributed by atoms with E-state index in [0.29, 0.717) is 38.4 Å². The summed E-state index contributed by atoms with van der Waals surface area (Å²) in [6.07, 6.45) is 7.65. The standard InChI is InChI=1S/C32H37FO3/c1-5-29-26(17-27-18-30(27)29)15-23(4)35-19-24-7-6-8-25(16-24)31-21(2)13-28(14-22(31)3)36-20-32(33)9-11-34-12-10-32/h5-8,13-16,27,30H,4,9-12,17-20H2,1-3H3/b26-15-,29-5+. The number of hydrogen-bond acceptors (Lipinski definition) is 3. The second-order valence-corrected chi connectivity index (χ2v) is 10.7. The van der Waals surface area contributed by atoms with Gasteiger partial charge in [0.2, 0.25) is 0 Å². The number of aryl methyl sites for hydroxylation is 2. The molecule has 0 amide bonds. The highest BCUT2D eigenvalue weighted by molar-refractivity contribution is 5.72. The van der Waals surface area contributed by atoms with Crippen molar-refractivity contribution >= 4 is 0 Å². The summed E-state index contributed by atoms with van der Waals surface area (Å²) in [6, 6.07) is 12.5. The number of ether oxygens (including phenoxy) is 3. The van der Waals surface area contributed by atoms with Crippen LogP contribution in [-0.2, 0) is 16.1 Å². The minimum Gasteiger partial charge on any atom is -0.490 e. The highest BCUT2D eigenvalue weighted by atomic mass is 19.1. The first-order valence-corrected chi connectivity index (χ1v) is 13.1. The summed E-state index contributed by atoms with van der Waals surface area (Å²) in [5.41, 5.74) is 7.20. The van der Waals surface area contributed by atoms with Gasteiger partial charge in [0.25, 0.3) is 0 Å². The maximum Gasteiger partial charge on any atom is 0.149 e. The van der Waals surface area contributed by atoms with Gasteiger partial charge in [-0.2, -0.15) is 0 Å². The molecule has 0 bridgehead atoms. The van der Waals surface area contributed by atoms with E-state index in [4.69, 9.17) is 14.2 Å². The maximum absolute atomic E-state index is 14.9. The highest BCUT2D eigenvalue weighted by Gasteiger charge is 2.46. The molecular weight excluding hydrogens is 451 g/mol. The van der Waals surface area contributed by atoms with Crippen LogP contribution >= 0.6 is 0 Å². The Morgan fingerprint density at radius 1 is 1.17 bits per heavy atom. The molecule has 2 aromatic carbocycles. The molecule has 3 fully saturated rings. The number of allylic oxidation sites excluding steroid dienone is 4. The molecule has 5 rings (SSSR count). The highest BCUT2D eigenvalue weighted by Crippen LogP contribution is 2.57. The van der Waals surface area contributed by atoms with E-state index in [2.05, 4.69) is 63.8 Å². The molecule has 36 heavy (non-hydrogen) atoms. The lowest BCUT2D eigenvalue weighted by atomic mass is 9.94. The van der Waals surface area contributed by atoms with E-state index in [0.717, 1.165) is 46.3 Å². The maximum atomic E-state index is 14.9. The fourth-order valence-corrected chi connectivity index (χ4v) is 5.82. The van der Waals surface area contributed by atoms with Gasteiger partial charge in [0.05, 0.1) is 0 Å². The molecule has 0 radical (unpaired) electrons. The molecule has 2 aromatic rings. The van der Waals surface area contributed by atoms with E-state index >= 15 is 0 Å². The van der Waals surface area contributed by atoms with Gasteiger partial charge in [0.15, 0.2) is 0 Å². The zero-order chi connectivity index (χ0) is 25.3. The monoisotopic (exact) mass is 488 g/mol. The average molecular weight is 489 g/mol. The Morgan fingerprint density at radius 3 is 2.64 bits per heavy atom. The van der Waals surface area contributed by atoms with Crippen molar-refractivity contribution in [2.75, 3.05) is 19.8 Å². The van der Waals surface area contributed by atoms with Crippen LogP contribution in [0.15, 0.2) is 72.0 Å². The van der Waals surface area contributed by atoms with Gasteiger partial charge in [-0.3, -0.25) is 0 Å². The zero-order valence-corrected chi connectivity index (χ0v) is 21.7. The first-order chi connectivity index (χ1) is 17.3. The van der Waals surface area contributed by atoms with Crippen molar-refractivity contribution < 1.29 is 18.6 Å². The predicted octanol–water partition coefficient (Wildman–Crippen LogP) is 7.81. The Bertz CT molecular complexity index is 1180. The van der Waals surface area contributed by atoms with Crippen LogP contribution in [0.3, 0.4) is 0 Å². The third-order valence-corrected chi connectivity index (χ3v) is 7.85. The summed E-state index contributed by atoms with van der Waals surface area (Å²) < 4.78 is 32.1. The smallest absolute Gasteiger partial charge is 0.149 e. The molecule has 1 aliphatic heterocycles. The zero-order valence-electron chi connectivity index (χ0n) is 21.7. The van der Waals surface area contributed by atoms with Gasteiger partial charge < -0.3 is 14.2 Å². The first kappa shape index (κ1) is 24.8. The van der Waals surface area contributed by atoms with Crippen LogP contribution in [-0.4, -0.2) is 25.5 Å². The third-order valence-electron chi connectivity index (χ3n) is 7.85. The summed E-state index contributed by atoms with van der Waals surface area (Å²) in [4.78, 5) is 0. The number of benzene rings is 2. The molecule has 1 saturated heterocycles. The molecule has 2 aliphatic carbocycles. The molecule has 0 N–H and O–H groups in total. The molecule has 0 spiro atoms. The number of fused-ring (bicyclic) bond motifs is 1. The summed E-state index contributed by atoms with van der Waals surface area (Å²) in [7, 11) is 0. The Hall–Kier alpha value is -2.85. The van der Waals surface area contributed by atoms with Crippen LogP contribution in [0.4, 0.5) is 4.39 Å². The van der Waals surface area contributed by atoms with Crippen molar-refractivity contribution in [3.05, 3.63) is 88.7 Å². The molecule has 3 aliphatic rings. The third kappa shape index (κ3) is 5.44. The summed E-state index contributed by atoms with van der Waals surface area (Å²) >= 11 is 0. The van der Waals surface area contributed by atoms with Gasteiger partial charge in [0, 0.05) is 26.1 Å². The van der Waals surface area contributed by atoms with E-state index in [9.17, 15) is 4.39 Å². The number of halogens is 1. The van der Waals surface area contributed by atoms with Gasteiger partial charge in [0.1, 0.15) is 30.4 Å². The van der Waals surface area contributed by atoms with Crippen molar-refractivity contribution in [2.45, 2.75) is 58.7 Å². The van der Waals surface area contributed by atoms with E-state index < -0.39 is 5.67 Å². The van der Waals surface area contributed by atoms with Crippen molar-refractivity contribution in [2.24, 2.45) is 11.8 Å². The van der Waals surface area contributed by atoms with Crippen LogP contribution < -0.4 is 4.74 Å². The fraction of sp³-hybridized carbons (Fsp3) is 0.438. The Kier molecular flexibility index (Phi) is 7.07. The number of alkyl halides is 1. The molecular formula is C32H37FO3. The minimum absolute atomic E-state index is 0.0678. The summed E-state index contributed by atoms with van der Waals surface area (Å²) in [5.74, 6) is 3.05. The van der Waals surface area contributed by atoms with Crippen LogP contribution in [0.25, 0.3) is 11.1 Å². The predicted molar refractivity (Wildman–Crippen MR) is 143 cm³/mol. The lowest BCUT2D eigenvalue weighted by Gasteiger charge is -2.29. The van der Waals surface area contributed by atoms with Gasteiger partial charge in [-0.15, -0.1) is 0 Å². The SMILES string of the molecule is C=C(/C=C1/CC2CC2/C1=C/C)OCc1cccc(-c2c(C)cc(OCC3(F)CCOCC3)cc2C)c1. The van der Waals surface area contributed by atoms with E-state index in [-0.39, 0.29) is 6.61 Å². The second-order valence-electron chi connectivity index (χ2n) is 10.7. The van der Waals surface area contributed by atoms with E-state index in [1.54, 1.807) is 0 Å². The summed E-state index contributed by atoms with van der Waals surface area (Å²) in [5, 5.41) is 0. The molecule has 1 heterocycles. The lowest BCUT2D eigenvalue weighted by molar-refractivity contribution is -0.0323. The summed E-state index contributed by atoms with van der Waals surface area (Å²) in [6.45, 7) is 11.9. The van der Waals surface area contributed by atoms with Crippen molar-refractivity contribution in [3.8, 4) is 16.9 Å². The Balaban J connectivity index is 1.24.